The summed E-state index contributed by atoms with van der Waals surface area (Å²) in [4.78, 5) is 18.7. The van der Waals surface area contributed by atoms with Crippen LogP contribution in [0.3, 0.4) is 0 Å². The minimum atomic E-state index is -3.54. The summed E-state index contributed by atoms with van der Waals surface area (Å²) < 4.78 is 27.3. The molecule has 1 aromatic heterocycles. The standard InChI is InChI=1S/C17H21N3O3S2/c1-12-4-5-13(2)16(10-12)25(22,23)20-8-6-19(7-9-20)17(21)15-11-24-14(3)18-15/h4-5,10-11H,6-9H2,1-3H3. The van der Waals surface area contributed by atoms with Gasteiger partial charge in [0, 0.05) is 31.6 Å². The molecule has 0 spiro atoms. The Bertz CT molecular complexity index is 898. The third-order valence-electron chi connectivity index (χ3n) is 4.33. The number of carbonyl (C=O) groups is 1. The van der Waals surface area contributed by atoms with Crippen molar-refractivity contribution < 1.29 is 13.2 Å². The number of aromatic nitrogens is 1. The van der Waals surface area contributed by atoms with Crippen LogP contribution >= 0.6 is 11.3 Å². The summed E-state index contributed by atoms with van der Waals surface area (Å²) in [6.45, 7) is 6.88. The van der Waals surface area contributed by atoms with E-state index in [0.717, 1.165) is 16.1 Å². The first-order chi connectivity index (χ1) is 11.8. The summed E-state index contributed by atoms with van der Waals surface area (Å²) in [7, 11) is -3.54. The molecule has 1 saturated heterocycles. The number of aryl methyl sites for hydroxylation is 3. The molecule has 0 unspecified atom stereocenters. The van der Waals surface area contributed by atoms with Crippen molar-refractivity contribution in [2.75, 3.05) is 26.2 Å². The van der Waals surface area contributed by atoms with Crippen LogP contribution in [0.1, 0.15) is 26.6 Å². The maximum absolute atomic E-state index is 12.9. The summed E-state index contributed by atoms with van der Waals surface area (Å²) in [5, 5.41) is 2.59. The number of piperazine rings is 1. The SMILES string of the molecule is Cc1ccc(C)c(S(=O)(=O)N2CCN(C(=O)c3csc(C)n3)CC2)c1. The number of hydrogen-bond acceptors (Lipinski definition) is 5. The van der Waals surface area contributed by atoms with Crippen molar-refractivity contribution in [3.8, 4) is 0 Å². The van der Waals surface area contributed by atoms with Gasteiger partial charge >= 0.3 is 0 Å². The normalized spacial score (nSPS) is 16.2. The Morgan fingerprint density at radius 3 is 2.40 bits per heavy atom. The van der Waals surface area contributed by atoms with E-state index in [1.54, 1.807) is 23.3 Å². The number of thiazole rings is 1. The first-order valence-corrected chi connectivity index (χ1v) is 10.4. The predicted octanol–water partition coefficient (Wildman–Crippen LogP) is 2.22. The molecule has 3 rings (SSSR count). The summed E-state index contributed by atoms with van der Waals surface area (Å²) in [6.07, 6.45) is 0. The monoisotopic (exact) mass is 379 g/mol. The molecule has 8 heteroatoms. The van der Waals surface area contributed by atoms with Crippen molar-refractivity contribution in [3.05, 3.63) is 45.4 Å². The lowest BCUT2D eigenvalue weighted by Gasteiger charge is -2.34. The maximum atomic E-state index is 12.9. The highest BCUT2D eigenvalue weighted by Gasteiger charge is 2.31. The quantitative estimate of drug-likeness (QED) is 0.820. The highest BCUT2D eigenvalue weighted by atomic mass is 32.2. The van der Waals surface area contributed by atoms with Gasteiger partial charge in [0.25, 0.3) is 5.91 Å². The Morgan fingerprint density at radius 1 is 1.12 bits per heavy atom. The number of nitrogens with zero attached hydrogens (tertiary/aromatic N) is 3. The molecule has 0 atom stereocenters. The van der Waals surface area contributed by atoms with Gasteiger partial charge in [-0.15, -0.1) is 11.3 Å². The lowest BCUT2D eigenvalue weighted by molar-refractivity contribution is 0.0692. The molecule has 2 aromatic rings. The van der Waals surface area contributed by atoms with Crippen molar-refractivity contribution in [2.24, 2.45) is 0 Å². The highest BCUT2D eigenvalue weighted by molar-refractivity contribution is 7.89. The maximum Gasteiger partial charge on any atom is 0.273 e. The fourth-order valence-electron chi connectivity index (χ4n) is 2.88. The van der Waals surface area contributed by atoms with E-state index in [4.69, 9.17) is 0 Å². The van der Waals surface area contributed by atoms with Gasteiger partial charge in [-0.1, -0.05) is 12.1 Å². The molecule has 6 nitrogen and oxygen atoms in total. The highest BCUT2D eigenvalue weighted by Crippen LogP contribution is 2.23. The minimum absolute atomic E-state index is 0.131. The number of sulfonamides is 1. The fourth-order valence-corrected chi connectivity index (χ4v) is 5.20. The molecule has 1 aliphatic rings. The molecule has 25 heavy (non-hydrogen) atoms. The average Bonchev–Trinajstić information content (AvgIpc) is 3.03. The smallest absolute Gasteiger partial charge is 0.273 e. The van der Waals surface area contributed by atoms with Crippen molar-refractivity contribution in [1.29, 1.82) is 0 Å². The second-order valence-electron chi connectivity index (χ2n) is 6.22. The molecule has 2 heterocycles. The van der Waals surface area contributed by atoms with Gasteiger partial charge in [-0.25, -0.2) is 13.4 Å². The third-order valence-corrected chi connectivity index (χ3v) is 7.14. The van der Waals surface area contributed by atoms with Crippen LogP contribution in [-0.4, -0.2) is 54.7 Å². The van der Waals surface area contributed by atoms with E-state index in [0.29, 0.717) is 36.8 Å². The number of benzene rings is 1. The molecular formula is C17H21N3O3S2. The van der Waals surface area contributed by atoms with Crippen molar-refractivity contribution >= 4 is 27.3 Å². The molecule has 1 amide bonds. The lowest BCUT2D eigenvalue weighted by atomic mass is 10.2. The largest absolute Gasteiger partial charge is 0.335 e. The number of amides is 1. The first kappa shape index (κ1) is 18.0. The molecule has 1 aromatic carbocycles. The van der Waals surface area contributed by atoms with Crippen LogP contribution in [0.2, 0.25) is 0 Å². The van der Waals surface area contributed by atoms with E-state index in [1.165, 1.54) is 15.6 Å². The Labute approximate surface area is 152 Å². The fraction of sp³-hybridized carbons (Fsp3) is 0.412. The molecule has 0 N–H and O–H groups in total. The Balaban J connectivity index is 1.73. The lowest BCUT2D eigenvalue weighted by Crippen LogP contribution is -2.50. The van der Waals surface area contributed by atoms with Crippen LogP contribution in [0, 0.1) is 20.8 Å². The van der Waals surface area contributed by atoms with Gasteiger partial charge in [0.2, 0.25) is 10.0 Å². The molecule has 0 aliphatic carbocycles. The zero-order valence-corrected chi connectivity index (χ0v) is 16.2. The van der Waals surface area contributed by atoms with Crippen LogP contribution in [0.25, 0.3) is 0 Å². The van der Waals surface area contributed by atoms with Gasteiger partial charge in [-0.3, -0.25) is 4.79 Å². The second kappa shape index (κ2) is 6.86. The van der Waals surface area contributed by atoms with Crippen LogP contribution < -0.4 is 0 Å². The topological polar surface area (TPSA) is 70.6 Å². The Morgan fingerprint density at radius 2 is 1.80 bits per heavy atom. The van der Waals surface area contributed by atoms with E-state index < -0.39 is 10.0 Å². The van der Waals surface area contributed by atoms with Gasteiger partial charge in [0.15, 0.2) is 0 Å². The van der Waals surface area contributed by atoms with Gasteiger partial charge in [-0.2, -0.15) is 4.31 Å². The van der Waals surface area contributed by atoms with E-state index in [9.17, 15) is 13.2 Å². The van der Waals surface area contributed by atoms with Crippen molar-refractivity contribution in [3.63, 3.8) is 0 Å². The molecule has 1 fully saturated rings. The van der Waals surface area contributed by atoms with Crippen LogP contribution in [0.5, 0.6) is 0 Å². The van der Waals surface area contributed by atoms with Crippen molar-refractivity contribution in [1.82, 2.24) is 14.2 Å². The van der Waals surface area contributed by atoms with E-state index in [2.05, 4.69) is 4.98 Å². The predicted molar refractivity (Wildman–Crippen MR) is 97.4 cm³/mol. The van der Waals surface area contributed by atoms with E-state index in [1.807, 2.05) is 26.0 Å². The molecular weight excluding hydrogens is 358 g/mol. The summed E-state index contributed by atoms with van der Waals surface area (Å²) in [5.41, 5.74) is 2.09. The van der Waals surface area contributed by atoms with Gasteiger partial charge in [0.1, 0.15) is 5.69 Å². The number of rotatable bonds is 3. The zero-order chi connectivity index (χ0) is 18.2. The molecule has 134 valence electrons. The first-order valence-electron chi connectivity index (χ1n) is 8.08. The van der Waals surface area contributed by atoms with Gasteiger partial charge in [-0.05, 0) is 38.0 Å². The van der Waals surface area contributed by atoms with E-state index >= 15 is 0 Å². The number of carbonyl (C=O) groups excluding carboxylic acids is 1. The Kier molecular flexibility index (Phi) is 4.95. The van der Waals surface area contributed by atoms with Crippen LogP contribution in [0.4, 0.5) is 0 Å². The summed E-state index contributed by atoms with van der Waals surface area (Å²) in [6, 6.07) is 5.44. The van der Waals surface area contributed by atoms with Gasteiger partial charge in [0.05, 0.1) is 9.90 Å². The third kappa shape index (κ3) is 3.61. The second-order valence-corrected chi connectivity index (χ2v) is 9.19. The van der Waals surface area contributed by atoms with Crippen molar-refractivity contribution in [2.45, 2.75) is 25.7 Å². The number of hydrogen-bond donors (Lipinski definition) is 0. The molecule has 0 radical (unpaired) electrons. The van der Waals surface area contributed by atoms with Crippen LogP contribution in [-0.2, 0) is 10.0 Å². The molecule has 0 saturated carbocycles. The zero-order valence-electron chi connectivity index (χ0n) is 14.5. The summed E-state index contributed by atoms with van der Waals surface area (Å²) in [5.74, 6) is -0.131. The van der Waals surface area contributed by atoms with E-state index in [-0.39, 0.29) is 5.91 Å². The average molecular weight is 380 g/mol. The summed E-state index contributed by atoms with van der Waals surface area (Å²) >= 11 is 1.44. The molecule has 0 bridgehead atoms. The molecule has 1 aliphatic heterocycles. The van der Waals surface area contributed by atoms with Gasteiger partial charge < -0.3 is 4.90 Å². The van der Waals surface area contributed by atoms with Crippen LogP contribution in [0.15, 0.2) is 28.5 Å². The minimum Gasteiger partial charge on any atom is -0.335 e. The Hall–Kier alpha value is -1.77.